The molecule has 82 valence electrons. The van der Waals surface area contributed by atoms with E-state index in [9.17, 15) is 9.59 Å². The zero-order valence-corrected chi connectivity index (χ0v) is 8.92. The van der Waals surface area contributed by atoms with Crippen LogP contribution >= 0.6 is 0 Å². The topological polar surface area (TPSA) is 67.4 Å². The van der Waals surface area contributed by atoms with Gasteiger partial charge in [-0.25, -0.2) is 10.2 Å². The van der Waals surface area contributed by atoms with E-state index in [2.05, 4.69) is 10.9 Å². The van der Waals surface area contributed by atoms with Crippen molar-refractivity contribution in [3.63, 3.8) is 0 Å². The molecule has 0 saturated carbocycles. The van der Waals surface area contributed by atoms with E-state index in [4.69, 9.17) is 4.74 Å². The van der Waals surface area contributed by atoms with Gasteiger partial charge in [-0.15, -0.1) is 0 Å². The first kappa shape index (κ1) is 12.9. The van der Waals surface area contributed by atoms with Crippen molar-refractivity contribution in [2.75, 3.05) is 6.54 Å². The van der Waals surface area contributed by atoms with E-state index in [0.717, 1.165) is 6.29 Å². The zero-order valence-electron chi connectivity index (χ0n) is 8.92. The highest BCUT2D eigenvalue weighted by molar-refractivity contribution is 5.66. The fraction of sp³-hybridized carbons (Fsp3) is 0.778. The van der Waals surface area contributed by atoms with Gasteiger partial charge in [0.15, 0.2) is 0 Å². The summed E-state index contributed by atoms with van der Waals surface area (Å²) in [6.45, 7) is 5.93. The van der Waals surface area contributed by atoms with Gasteiger partial charge in [-0.2, -0.15) is 0 Å². The Morgan fingerprint density at radius 2 is 2.07 bits per heavy atom. The molecule has 0 heterocycles. The van der Waals surface area contributed by atoms with Crippen molar-refractivity contribution in [3.05, 3.63) is 0 Å². The van der Waals surface area contributed by atoms with Crippen molar-refractivity contribution in [2.45, 2.75) is 39.2 Å². The molecule has 0 saturated heterocycles. The maximum atomic E-state index is 11.0. The van der Waals surface area contributed by atoms with E-state index >= 15 is 0 Å². The number of carbonyl (C=O) groups excluding carboxylic acids is 2. The number of nitrogens with one attached hydrogen (secondary N) is 2. The molecule has 1 amide bonds. The Balaban J connectivity index is 3.41. The van der Waals surface area contributed by atoms with Crippen LogP contribution in [0.4, 0.5) is 4.79 Å². The second-order valence-corrected chi connectivity index (χ2v) is 3.86. The molecule has 0 bridgehead atoms. The molecule has 0 fully saturated rings. The van der Waals surface area contributed by atoms with Crippen molar-refractivity contribution in [1.29, 1.82) is 0 Å². The number of carbonyl (C=O) groups is 2. The lowest BCUT2D eigenvalue weighted by Crippen LogP contribution is -2.41. The molecule has 0 aromatic carbocycles. The highest BCUT2D eigenvalue weighted by atomic mass is 16.6. The first-order valence-electron chi connectivity index (χ1n) is 4.61. The van der Waals surface area contributed by atoms with E-state index in [1.54, 1.807) is 20.8 Å². The number of unbranched alkanes of at least 4 members (excludes halogenated alkanes) is 1. The molecule has 5 nitrogen and oxygen atoms in total. The number of ether oxygens (including phenoxy) is 1. The lowest BCUT2D eigenvalue weighted by Gasteiger charge is -2.19. The van der Waals surface area contributed by atoms with E-state index in [0.29, 0.717) is 19.4 Å². The quantitative estimate of drug-likeness (QED) is 0.396. The maximum Gasteiger partial charge on any atom is 0.422 e. The van der Waals surface area contributed by atoms with E-state index in [1.165, 1.54) is 0 Å². The molecule has 0 unspecified atom stereocenters. The van der Waals surface area contributed by atoms with Crippen LogP contribution in [0.15, 0.2) is 0 Å². The third-order valence-corrected chi connectivity index (χ3v) is 1.21. The van der Waals surface area contributed by atoms with Crippen LogP contribution in [0, 0.1) is 0 Å². The monoisotopic (exact) mass is 202 g/mol. The van der Waals surface area contributed by atoms with Gasteiger partial charge in [0.2, 0.25) is 0 Å². The molecule has 14 heavy (non-hydrogen) atoms. The standard InChI is InChI=1S/C9H18N2O3/c1-9(2,3)14-8(13)11-10-6-4-5-7-12/h7,10H,4-6H2,1-3H3,(H,11,13). The number of aldehydes is 1. The number of amides is 1. The van der Waals surface area contributed by atoms with Crippen LogP contribution in [-0.4, -0.2) is 24.5 Å². The molecule has 0 aliphatic rings. The molecule has 0 radical (unpaired) electrons. The van der Waals surface area contributed by atoms with Crippen LogP contribution in [0.1, 0.15) is 33.6 Å². The normalized spacial score (nSPS) is 10.8. The van der Waals surface area contributed by atoms with Crippen LogP contribution in [0.5, 0.6) is 0 Å². The van der Waals surface area contributed by atoms with Gasteiger partial charge in [0.05, 0.1) is 0 Å². The van der Waals surface area contributed by atoms with Crippen LogP contribution < -0.4 is 10.9 Å². The van der Waals surface area contributed by atoms with Gasteiger partial charge < -0.3 is 9.53 Å². The van der Waals surface area contributed by atoms with Crippen LogP contribution in [0.25, 0.3) is 0 Å². The van der Waals surface area contributed by atoms with Crippen LogP contribution in [0.3, 0.4) is 0 Å². The molecule has 0 aromatic rings. The average Bonchev–Trinajstić information content (AvgIpc) is 2.00. The Morgan fingerprint density at radius 3 is 2.57 bits per heavy atom. The van der Waals surface area contributed by atoms with Gasteiger partial charge in [-0.05, 0) is 27.2 Å². The van der Waals surface area contributed by atoms with Gasteiger partial charge in [-0.3, -0.25) is 5.43 Å². The molecule has 0 atom stereocenters. The Kier molecular flexibility index (Phi) is 5.87. The van der Waals surface area contributed by atoms with Crippen molar-refractivity contribution >= 4 is 12.4 Å². The summed E-state index contributed by atoms with van der Waals surface area (Å²) in [7, 11) is 0. The van der Waals surface area contributed by atoms with Gasteiger partial charge >= 0.3 is 6.09 Å². The number of hydrogen-bond acceptors (Lipinski definition) is 4. The third kappa shape index (κ3) is 8.99. The minimum Gasteiger partial charge on any atom is -0.443 e. The summed E-state index contributed by atoms with van der Waals surface area (Å²) in [5.74, 6) is 0. The second kappa shape index (κ2) is 6.37. The van der Waals surface area contributed by atoms with Gasteiger partial charge in [0.25, 0.3) is 0 Å². The Bertz CT molecular complexity index is 187. The molecular weight excluding hydrogens is 184 g/mol. The molecule has 0 aliphatic heterocycles. The van der Waals surface area contributed by atoms with Crippen LogP contribution in [-0.2, 0) is 9.53 Å². The van der Waals surface area contributed by atoms with Crippen molar-refractivity contribution in [1.82, 2.24) is 10.9 Å². The smallest absolute Gasteiger partial charge is 0.422 e. The summed E-state index contributed by atoms with van der Waals surface area (Å²) in [4.78, 5) is 21.0. The number of rotatable bonds is 5. The molecule has 0 aromatic heterocycles. The molecule has 5 heteroatoms. The van der Waals surface area contributed by atoms with Crippen molar-refractivity contribution in [3.8, 4) is 0 Å². The lowest BCUT2D eigenvalue weighted by molar-refractivity contribution is -0.107. The Hall–Kier alpha value is -1.10. The fourth-order valence-electron chi connectivity index (χ4n) is 0.712. The summed E-state index contributed by atoms with van der Waals surface area (Å²) < 4.78 is 4.96. The largest absolute Gasteiger partial charge is 0.443 e. The number of hydrogen-bond donors (Lipinski definition) is 2. The summed E-state index contributed by atoms with van der Waals surface area (Å²) in [6.07, 6.45) is 1.51. The summed E-state index contributed by atoms with van der Waals surface area (Å²) in [6, 6.07) is 0. The fourth-order valence-corrected chi connectivity index (χ4v) is 0.712. The van der Waals surface area contributed by atoms with Gasteiger partial charge in [0.1, 0.15) is 11.9 Å². The molecular formula is C9H18N2O3. The van der Waals surface area contributed by atoms with Gasteiger partial charge in [0, 0.05) is 13.0 Å². The summed E-state index contributed by atoms with van der Waals surface area (Å²) >= 11 is 0. The minimum absolute atomic E-state index is 0.489. The molecule has 0 aliphatic carbocycles. The molecule has 0 rings (SSSR count). The van der Waals surface area contributed by atoms with E-state index < -0.39 is 11.7 Å². The van der Waals surface area contributed by atoms with Gasteiger partial charge in [-0.1, -0.05) is 0 Å². The summed E-state index contributed by atoms with van der Waals surface area (Å²) in [5, 5.41) is 0. The van der Waals surface area contributed by atoms with E-state index in [-0.39, 0.29) is 0 Å². The Morgan fingerprint density at radius 1 is 1.43 bits per heavy atom. The van der Waals surface area contributed by atoms with Crippen molar-refractivity contribution < 1.29 is 14.3 Å². The lowest BCUT2D eigenvalue weighted by atomic mass is 10.2. The maximum absolute atomic E-state index is 11.0. The minimum atomic E-state index is -0.511. The SMILES string of the molecule is CC(C)(C)OC(=O)NNCCCC=O. The highest BCUT2D eigenvalue weighted by Crippen LogP contribution is 2.05. The zero-order chi connectivity index (χ0) is 11.0. The predicted octanol–water partition coefficient (Wildman–Crippen LogP) is 0.995. The van der Waals surface area contributed by atoms with Crippen LogP contribution in [0.2, 0.25) is 0 Å². The third-order valence-electron chi connectivity index (χ3n) is 1.21. The first-order valence-corrected chi connectivity index (χ1v) is 4.61. The number of hydrazine groups is 1. The second-order valence-electron chi connectivity index (χ2n) is 3.86. The summed E-state index contributed by atoms with van der Waals surface area (Å²) in [5.41, 5.74) is 4.54. The predicted molar refractivity (Wildman–Crippen MR) is 52.7 cm³/mol. The first-order chi connectivity index (χ1) is 6.45. The highest BCUT2D eigenvalue weighted by Gasteiger charge is 2.15. The molecule has 2 N–H and O–H groups in total. The average molecular weight is 202 g/mol. The van der Waals surface area contributed by atoms with Crippen molar-refractivity contribution in [2.24, 2.45) is 0 Å². The Labute approximate surface area is 84.2 Å². The van der Waals surface area contributed by atoms with E-state index in [1.807, 2.05) is 0 Å². The molecule has 0 spiro atoms.